The Balaban J connectivity index is 1.53. The molecule has 0 bridgehead atoms. The molecule has 2 aromatic rings. The van der Waals surface area contributed by atoms with Gasteiger partial charge in [0.25, 0.3) is 5.91 Å². The van der Waals surface area contributed by atoms with Crippen LogP contribution in [0.15, 0.2) is 29.6 Å². The van der Waals surface area contributed by atoms with Crippen LogP contribution in [0.2, 0.25) is 0 Å². The van der Waals surface area contributed by atoms with Crippen LogP contribution in [0.5, 0.6) is 0 Å². The van der Waals surface area contributed by atoms with Gasteiger partial charge in [-0.2, -0.15) is 0 Å². The van der Waals surface area contributed by atoms with Crippen LogP contribution in [0.4, 0.5) is 0 Å². The first-order valence-electron chi connectivity index (χ1n) is 8.58. The van der Waals surface area contributed by atoms with Gasteiger partial charge < -0.3 is 10.1 Å². The van der Waals surface area contributed by atoms with Gasteiger partial charge >= 0.3 is 5.97 Å². The number of nitrogens with one attached hydrogen (secondary N) is 1. The third-order valence-corrected chi connectivity index (χ3v) is 5.27. The maximum atomic E-state index is 12.1. The normalized spacial score (nSPS) is 14.8. The van der Waals surface area contributed by atoms with Crippen molar-refractivity contribution < 1.29 is 14.3 Å². The second kappa shape index (κ2) is 7.78. The van der Waals surface area contributed by atoms with Crippen molar-refractivity contribution in [1.29, 1.82) is 0 Å². The molecule has 1 saturated carbocycles. The van der Waals surface area contributed by atoms with Gasteiger partial charge in [0.05, 0.1) is 0 Å². The summed E-state index contributed by atoms with van der Waals surface area (Å²) in [5, 5.41) is 5.28. The molecule has 5 nitrogen and oxygen atoms in total. The number of rotatable bonds is 7. The van der Waals surface area contributed by atoms with E-state index >= 15 is 0 Å². The van der Waals surface area contributed by atoms with E-state index in [9.17, 15) is 9.59 Å². The minimum absolute atomic E-state index is 0.142. The molecule has 1 amide bonds. The Morgan fingerprint density at radius 2 is 2.04 bits per heavy atom. The minimum atomic E-state index is -0.568. The van der Waals surface area contributed by atoms with E-state index in [0.717, 1.165) is 29.8 Å². The highest BCUT2D eigenvalue weighted by Gasteiger charge is 2.29. The van der Waals surface area contributed by atoms with Crippen molar-refractivity contribution >= 4 is 23.2 Å². The van der Waals surface area contributed by atoms with Crippen molar-refractivity contribution in [2.75, 3.05) is 6.61 Å². The smallest absolute Gasteiger partial charge is 0.358 e. The van der Waals surface area contributed by atoms with Crippen molar-refractivity contribution in [3.8, 4) is 10.6 Å². The summed E-state index contributed by atoms with van der Waals surface area (Å²) in [6.07, 6.45) is 3.29. The first kappa shape index (κ1) is 17.6. The van der Waals surface area contributed by atoms with Crippen LogP contribution in [-0.2, 0) is 16.0 Å². The van der Waals surface area contributed by atoms with E-state index in [0.29, 0.717) is 5.92 Å². The molecule has 1 N–H and O–H groups in total. The predicted octanol–water partition coefficient (Wildman–Crippen LogP) is 3.44. The zero-order chi connectivity index (χ0) is 17.8. The molecular formula is C19H22N2O3S. The lowest BCUT2D eigenvalue weighted by Crippen LogP contribution is -2.37. The Morgan fingerprint density at radius 1 is 1.32 bits per heavy atom. The van der Waals surface area contributed by atoms with E-state index in [1.165, 1.54) is 16.9 Å². The van der Waals surface area contributed by atoms with Gasteiger partial charge in [-0.05, 0) is 37.7 Å². The van der Waals surface area contributed by atoms with Crippen molar-refractivity contribution in [2.24, 2.45) is 5.92 Å². The maximum absolute atomic E-state index is 12.1. The molecule has 1 aromatic heterocycles. The number of hydrogen-bond acceptors (Lipinski definition) is 5. The summed E-state index contributed by atoms with van der Waals surface area (Å²) in [7, 11) is 0. The van der Waals surface area contributed by atoms with E-state index < -0.39 is 5.97 Å². The topological polar surface area (TPSA) is 68.3 Å². The molecule has 1 aliphatic carbocycles. The largest absolute Gasteiger partial charge is 0.451 e. The molecule has 0 radical (unpaired) electrons. The van der Waals surface area contributed by atoms with E-state index in [-0.39, 0.29) is 24.2 Å². The number of ether oxygens (including phenoxy) is 1. The van der Waals surface area contributed by atoms with Gasteiger partial charge in [0.1, 0.15) is 5.01 Å². The van der Waals surface area contributed by atoms with Crippen molar-refractivity contribution in [3.05, 3.63) is 40.9 Å². The third-order valence-electron chi connectivity index (χ3n) is 4.37. The summed E-state index contributed by atoms with van der Waals surface area (Å²) in [6.45, 7) is 3.82. The van der Waals surface area contributed by atoms with Crippen molar-refractivity contribution in [3.63, 3.8) is 0 Å². The monoisotopic (exact) mass is 358 g/mol. The lowest BCUT2D eigenvalue weighted by atomic mass is 10.1. The highest BCUT2D eigenvalue weighted by Crippen LogP contribution is 2.32. The Labute approximate surface area is 151 Å². The zero-order valence-electron chi connectivity index (χ0n) is 14.5. The minimum Gasteiger partial charge on any atom is -0.451 e. The molecule has 1 aromatic carbocycles. The number of thiazole rings is 1. The molecule has 25 heavy (non-hydrogen) atoms. The number of nitrogens with zero attached hydrogens (tertiary/aromatic N) is 1. The lowest BCUT2D eigenvalue weighted by Gasteiger charge is -2.12. The van der Waals surface area contributed by atoms with Crippen LogP contribution in [0.1, 0.15) is 42.7 Å². The number of amides is 1. The fourth-order valence-corrected chi connectivity index (χ4v) is 3.39. The highest BCUT2D eigenvalue weighted by molar-refractivity contribution is 7.13. The Morgan fingerprint density at radius 3 is 2.68 bits per heavy atom. The molecule has 6 heteroatoms. The van der Waals surface area contributed by atoms with E-state index in [2.05, 4.69) is 29.4 Å². The average molecular weight is 358 g/mol. The standard InChI is InChI=1S/C19H22N2O3S/c1-3-13-4-6-15(7-5-13)18-21-16(11-25-18)19(23)24-10-17(22)20-12(2)14-8-9-14/h4-7,11-12,14H,3,8-10H2,1-2H3,(H,20,22)/t12-/m1/s1. The highest BCUT2D eigenvalue weighted by atomic mass is 32.1. The number of carbonyl (C=O) groups is 2. The average Bonchev–Trinajstić information content (AvgIpc) is 3.37. The van der Waals surface area contributed by atoms with Crippen LogP contribution < -0.4 is 5.32 Å². The van der Waals surface area contributed by atoms with Gasteiger partial charge in [-0.25, -0.2) is 9.78 Å². The third kappa shape index (κ3) is 4.66. The molecule has 1 heterocycles. The Bertz CT molecular complexity index is 750. The van der Waals surface area contributed by atoms with Gasteiger partial charge in [0, 0.05) is 17.0 Å². The summed E-state index contributed by atoms with van der Waals surface area (Å²) in [5.41, 5.74) is 2.46. The Kier molecular flexibility index (Phi) is 5.48. The van der Waals surface area contributed by atoms with Crippen molar-refractivity contribution in [1.82, 2.24) is 10.3 Å². The van der Waals surface area contributed by atoms with Gasteiger partial charge in [-0.3, -0.25) is 4.79 Å². The Hall–Kier alpha value is -2.21. The SMILES string of the molecule is CCc1ccc(-c2nc(C(=O)OCC(=O)N[C@H](C)C3CC3)cs2)cc1. The van der Waals surface area contributed by atoms with E-state index in [1.807, 2.05) is 19.1 Å². The molecular weight excluding hydrogens is 336 g/mol. The van der Waals surface area contributed by atoms with Crippen LogP contribution in [-0.4, -0.2) is 29.5 Å². The predicted molar refractivity (Wildman–Crippen MR) is 97.5 cm³/mol. The number of hydrogen-bond donors (Lipinski definition) is 1. The van der Waals surface area contributed by atoms with E-state index in [4.69, 9.17) is 4.74 Å². The number of aryl methyl sites for hydroxylation is 1. The fraction of sp³-hybridized carbons (Fsp3) is 0.421. The maximum Gasteiger partial charge on any atom is 0.358 e. The second-order valence-corrected chi connectivity index (χ2v) is 7.22. The van der Waals surface area contributed by atoms with Crippen LogP contribution in [0, 0.1) is 5.92 Å². The summed E-state index contributed by atoms with van der Waals surface area (Å²) in [4.78, 5) is 28.2. The van der Waals surface area contributed by atoms with Crippen LogP contribution in [0.3, 0.4) is 0 Å². The fourth-order valence-electron chi connectivity index (χ4n) is 2.60. The molecule has 0 aliphatic heterocycles. The molecule has 132 valence electrons. The molecule has 1 fully saturated rings. The van der Waals surface area contributed by atoms with Gasteiger partial charge in [0.2, 0.25) is 0 Å². The number of carbonyl (C=O) groups excluding carboxylic acids is 2. The van der Waals surface area contributed by atoms with Crippen molar-refractivity contribution in [2.45, 2.75) is 39.2 Å². The summed E-state index contributed by atoms with van der Waals surface area (Å²) < 4.78 is 5.07. The van der Waals surface area contributed by atoms with Crippen LogP contribution >= 0.6 is 11.3 Å². The second-order valence-electron chi connectivity index (χ2n) is 6.36. The summed E-state index contributed by atoms with van der Waals surface area (Å²) in [5.74, 6) is -0.264. The number of benzene rings is 1. The van der Waals surface area contributed by atoms with Crippen LogP contribution in [0.25, 0.3) is 10.6 Å². The first-order chi connectivity index (χ1) is 12.1. The summed E-state index contributed by atoms with van der Waals surface area (Å²) in [6, 6.07) is 8.25. The van der Waals surface area contributed by atoms with E-state index in [1.54, 1.807) is 5.38 Å². The first-order valence-corrected chi connectivity index (χ1v) is 9.46. The molecule has 0 spiro atoms. The number of aromatic nitrogens is 1. The van der Waals surface area contributed by atoms with Gasteiger partial charge in [-0.15, -0.1) is 11.3 Å². The number of esters is 1. The molecule has 0 saturated heterocycles. The lowest BCUT2D eigenvalue weighted by molar-refractivity contribution is -0.125. The van der Waals surface area contributed by atoms with Gasteiger partial charge in [0.15, 0.2) is 12.3 Å². The van der Waals surface area contributed by atoms with Gasteiger partial charge in [-0.1, -0.05) is 31.2 Å². The molecule has 3 rings (SSSR count). The summed E-state index contributed by atoms with van der Waals surface area (Å²) >= 11 is 1.39. The quantitative estimate of drug-likeness (QED) is 0.770. The molecule has 1 aliphatic rings. The molecule has 0 unspecified atom stereocenters. The zero-order valence-corrected chi connectivity index (χ0v) is 15.3. The molecule has 1 atom stereocenters.